The first-order valence-corrected chi connectivity index (χ1v) is 9.27. The number of esters is 1. The molecule has 142 valence electrons. The summed E-state index contributed by atoms with van der Waals surface area (Å²) in [4.78, 5) is 40.8. The summed E-state index contributed by atoms with van der Waals surface area (Å²) in [7, 11) is 0. The molecular weight excluding hydrogens is 368 g/mol. The Hall–Kier alpha value is -2.94. The summed E-state index contributed by atoms with van der Waals surface area (Å²) in [5.74, 6) is -0.619. The van der Waals surface area contributed by atoms with Crippen molar-refractivity contribution in [3.05, 3.63) is 49.9 Å². The Kier molecular flexibility index (Phi) is 5.13. The van der Waals surface area contributed by atoms with Crippen molar-refractivity contribution in [3.8, 4) is 0 Å². The Labute approximate surface area is 159 Å². The molecule has 0 spiro atoms. The number of aromatic amines is 1. The van der Waals surface area contributed by atoms with E-state index in [4.69, 9.17) is 4.74 Å². The lowest BCUT2D eigenvalue weighted by Gasteiger charge is -2.11. The summed E-state index contributed by atoms with van der Waals surface area (Å²) >= 11 is 1.19. The fourth-order valence-corrected chi connectivity index (χ4v) is 3.88. The van der Waals surface area contributed by atoms with Gasteiger partial charge < -0.3 is 10.1 Å². The predicted octanol–water partition coefficient (Wildman–Crippen LogP) is 2.37. The zero-order valence-electron chi connectivity index (χ0n) is 15.5. The number of H-pyrrole nitrogens is 1. The van der Waals surface area contributed by atoms with Gasteiger partial charge in [-0.05, 0) is 39.3 Å². The molecule has 0 atom stereocenters. The van der Waals surface area contributed by atoms with Gasteiger partial charge in [-0.1, -0.05) is 0 Å². The first-order valence-electron chi connectivity index (χ1n) is 8.45. The van der Waals surface area contributed by atoms with Crippen LogP contribution in [-0.4, -0.2) is 33.1 Å². The SMILES string of the molecule is CCOC(=O)c1sc(NC(=O)Cc2c(C)nc3cc(=O)[nH]n3c2C)cc1C. The van der Waals surface area contributed by atoms with Gasteiger partial charge in [-0.25, -0.2) is 14.3 Å². The van der Waals surface area contributed by atoms with E-state index in [2.05, 4.69) is 15.4 Å². The van der Waals surface area contributed by atoms with Gasteiger partial charge in [-0.3, -0.25) is 14.7 Å². The largest absolute Gasteiger partial charge is 0.462 e. The van der Waals surface area contributed by atoms with E-state index >= 15 is 0 Å². The van der Waals surface area contributed by atoms with Crippen molar-refractivity contribution in [2.24, 2.45) is 0 Å². The molecule has 3 heterocycles. The van der Waals surface area contributed by atoms with Gasteiger partial charge in [0.1, 0.15) is 4.88 Å². The maximum Gasteiger partial charge on any atom is 0.348 e. The number of aryl methyl sites for hydroxylation is 3. The van der Waals surface area contributed by atoms with Crippen molar-refractivity contribution in [1.82, 2.24) is 14.6 Å². The van der Waals surface area contributed by atoms with E-state index in [1.54, 1.807) is 31.4 Å². The number of hydrogen-bond acceptors (Lipinski definition) is 6. The number of hydrogen-bond donors (Lipinski definition) is 2. The number of nitrogens with zero attached hydrogens (tertiary/aromatic N) is 2. The molecule has 8 nitrogen and oxygen atoms in total. The maximum atomic E-state index is 12.5. The average Bonchev–Trinajstić information content (AvgIpc) is 3.14. The number of fused-ring (bicyclic) bond motifs is 1. The Morgan fingerprint density at radius 1 is 1.30 bits per heavy atom. The van der Waals surface area contributed by atoms with Gasteiger partial charge in [0.2, 0.25) is 5.91 Å². The smallest absolute Gasteiger partial charge is 0.348 e. The molecule has 1 amide bonds. The van der Waals surface area contributed by atoms with Gasteiger partial charge in [0.25, 0.3) is 5.56 Å². The number of aromatic nitrogens is 3. The van der Waals surface area contributed by atoms with Gasteiger partial charge in [0.05, 0.1) is 18.0 Å². The maximum absolute atomic E-state index is 12.5. The van der Waals surface area contributed by atoms with Crippen LogP contribution in [0.4, 0.5) is 5.00 Å². The molecule has 0 unspecified atom stereocenters. The molecule has 0 aromatic carbocycles. The minimum atomic E-state index is -0.390. The van der Waals surface area contributed by atoms with Crippen molar-refractivity contribution in [1.29, 1.82) is 0 Å². The summed E-state index contributed by atoms with van der Waals surface area (Å²) in [5, 5.41) is 6.07. The normalized spacial score (nSPS) is 11.0. The Bertz CT molecular complexity index is 1090. The van der Waals surface area contributed by atoms with Crippen LogP contribution in [0, 0.1) is 20.8 Å². The van der Waals surface area contributed by atoms with Gasteiger partial charge in [0, 0.05) is 23.0 Å². The van der Waals surface area contributed by atoms with Crippen molar-refractivity contribution >= 4 is 33.9 Å². The fourth-order valence-electron chi connectivity index (χ4n) is 2.90. The van der Waals surface area contributed by atoms with Crippen LogP contribution in [0.2, 0.25) is 0 Å². The Balaban J connectivity index is 1.81. The van der Waals surface area contributed by atoms with Gasteiger partial charge in [-0.2, -0.15) is 0 Å². The second-order valence-electron chi connectivity index (χ2n) is 6.14. The first kappa shape index (κ1) is 18.8. The van der Waals surface area contributed by atoms with Crippen LogP contribution >= 0.6 is 11.3 Å². The lowest BCUT2D eigenvalue weighted by Crippen LogP contribution is -2.17. The molecule has 0 aliphatic heterocycles. The third-order valence-corrected chi connectivity index (χ3v) is 5.31. The quantitative estimate of drug-likeness (QED) is 0.653. The average molecular weight is 388 g/mol. The summed E-state index contributed by atoms with van der Waals surface area (Å²) in [6, 6.07) is 3.16. The number of rotatable bonds is 5. The zero-order valence-corrected chi connectivity index (χ0v) is 16.3. The predicted molar refractivity (Wildman–Crippen MR) is 103 cm³/mol. The highest BCUT2D eigenvalue weighted by atomic mass is 32.1. The molecule has 27 heavy (non-hydrogen) atoms. The second kappa shape index (κ2) is 7.36. The second-order valence-corrected chi connectivity index (χ2v) is 7.20. The number of carbonyl (C=O) groups is 2. The van der Waals surface area contributed by atoms with E-state index in [0.717, 1.165) is 16.8 Å². The first-order chi connectivity index (χ1) is 12.8. The molecule has 9 heteroatoms. The third-order valence-electron chi connectivity index (χ3n) is 4.18. The number of thiophene rings is 1. The number of nitrogens with one attached hydrogen (secondary N) is 2. The molecule has 0 radical (unpaired) electrons. The lowest BCUT2D eigenvalue weighted by atomic mass is 10.1. The molecule has 0 aliphatic rings. The van der Waals surface area contributed by atoms with E-state index in [-0.39, 0.29) is 17.9 Å². The van der Waals surface area contributed by atoms with Crippen LogP contribution in [0.5, 0.6) is 0 Å². The van der Waals surface area contributed by atoms with Crippen LogP contribution in [0.15, 0.2) is 16.9 Å². The number of carbonyl (C=O) groups excluding carboxylic acids is 2. The molecule has 3 aromatic heterocycles. The number of ether oxygens (including phenoxy) is 1. The van der Waals surface area contributed by atoms with Gasteiger partial charge >= 0.3 is 5.97 Å². The highest BCUT2D eigenvalue weighted by molar-refractivity contribution is 7.18. The topological polar surface area (TPSA) is 106 Å². The summed E-state index contributed by atoms with van der Waals surface area (Å²) in [6.07, 6.45) is 0.104. The molecule has 0 bridgehead atoms. The van der Waals surface area contributed by atoms with Crippen LogP contribution in [0.3, 0.4) is 0 Å². The molecule has 0 fully saturated rings. The molecule has 0 saturated carbocycles. The van der Waals surface area contributed by atoms with Crippen molar-refractivity contribution in [2.75, 3.05) is 11.9 Å². The van der Waals surface area contributed by atoms with E-state index < -0.39 is 5.97 Å². The molecule has 0 aliphatic carbocycles. The molecular formula is C18H20N4O4S. The van der Waals surface area contributed by atoms with Crippen LogP contribution < -0.4 is 10.9 Å². The zero-order chi connectivity index (χ0) is 19.7. The lowest BCUT2D eigenvalue weighted by molar-refractivity contribution is -0.115. The monoisotopic (exact) mass is 388 g/mol. The molecule has 2 N–H and O–H groups in total. The van der Waals surface area contributed by atoms with Gasteiger partial charge in [0.15, 0.2) is 5.65 Å². The van der Waals surface area contributed by atoms with E-state index in [1.165, 1.54) is 17.4 Å². The Morgan fingerprint density at radius 3 is 2.74 bits per heavy atom. The van der Waals surface area contributed by atoms with Crippen LogP contribution in [-0.2, 0) is 16.0 Å². The van der Waals surface area contributed by atoms with Crippen molar-refractivity contribution in [3.63, 3.8) is 0 Å². The fraction of sp³-hybridized carbons (Fsp3) is 0.333. The third kappa shape index (κ3) is 3.77. The molecule has 3 aromatic rings. The highest BCUT2D eigenvalue weighted by Gasteiger charge is 2.18. The van der Waals surface area contributed by atoms with E-state index in [9.17, 15) is 14.4 Å². The van der Waals surface area contributed by atoms with E-state index in [0.29, 0.717) is 27.8 Å². The highest BCUT2D eigenvalue weighted by Crippen LogP contribution is 2.27. The van der Waals surface area contributed by atoms with Crippen molar-refractivity contribution in [2.45, 2.75) is 34.1 Å². The Morgan fingerprint density at radius 2 is 2.04 bits per heavy atom. The summed E-state index contributed by atoms with van der Waals surface area (Å²) in [5.41, 5.74) is 3.22. The molecule has 0 saturated heterocycles. The summed E-state index contributed by atoms with van der Waals surface area (Å²) < 4.78 is 6.59. The van der Waals surface area contributed by atoms with Crippen LogP contribution in [0.25, 0.3) is 5.65 Å². The van der Waals surface area contributed by atoms with Crippen molar-refractivity contribution < 1.29 is 14.3 Å². The summed E-state index contributed by atoms with van der Waals surface area (Å²) in [6.45, 7) is 7.48. The molecule has 3 rings (SSSR count). The minimum Gasteiger partial charge on any atom is -0.462 e. The minimum absolute atomic E-state index is 0.104. The number of amides is 1. The standard InChI is InChI=1S/C18H20N4O4S/c1-5-26-18(25)17-9(2)6-16(27-17)20-14(23)7-12-10(3)19-13-8-15(24)21-22(13)11(12)4/h6,8H,5,7H2,1-4H3,(H,20,23)(H,21,24). The van der Waals surface area contributed by atoms with Crippen LogP contribution in [0.1, 0.15) is 39.1 Å². The number of anilines is 1. The van der Waals surface area contributed by atoms with E-state index in [1.807, 2.05) is 6.92 Å². The van der Waals surface area contributed by atoms with Gasteiger partial charge in [-0.15, -0.1) is 11.3 Å².